The van der Waals surface area contributed by atoms with E-state index >= 15 is 0 Å². The van der Waals surface area contributed by atoms with E-state index in [0.29, 0.717) is 17.5 Å². The molecule has 3 aromatic rings. The van der Waals surface area contributed by atoms with Crippen LogP contribution in [-0.4, -0.2) is 40.6 Å². The van der Waals surface area contributed by atoms with Gasteiger partial charge in [0.2, 0.25) is 5.91 Å². The number of pyridine rings is 1. The highest BCUT2D eigenvalue weighted by atomic mass is 19.4. The third kappa shape index (κ3) is 8.49. The number of allylic oxidation sites excluding steroid dienone is 1. The first-order chi connectivity index (χ1) is 17.7. The minimum Gasteiger partial charge on any atom is -0.493 e. The van der Waals surface area contributed by atoms with Crippen LogP contribution >= 0.6 is 0 Å². The number of ether oxygens (including phenoxy) is 1. The second-order valence-corrected chi connectivity index (χ2v) is 8.05. The van der Waals surface area contributed by atoms with Gasteiger partial charge in [0.1, 0.15) is 11.8 Å². The average molecular weight is 509 g/mol. The predicted molar refractivity (Wildman–Crippen MR) is 132 cm³/mol. The normalized spacial score (nSPS) is 12.4. The van der Waals surface area contributed by atoms with Crippen molar-refractivity contribution in [3.05, 3.63) is 95.3 Å². The van der Waals surface area contributed by atoms with E-state index in [1.54, 1.807) is 24.3 Å². The minimum absolute atomic E-state index is 0.00412. The standard InChI is InChI=1S/C26H23BF3N3O4/c28-26(29,30)21-9-10-23(32-17-21)20(16-31)13-19-7-4-8-22(14-19)37-12-11-25(34)33-24(27(35)36)15-18-5-2-1-3-6-18/h1-10,13-14,17,24,35-36H,11-12,15H2,(H,33,34)/t24-/m0/s1. The van der Waals surface area contributed by atoms with Crippen LogP contribution in [0.5, 0.6) is 5.75 Å². The zero-order valence-electron chi connectivity index (χ0n) is 19.5. The molecule has 7 nitrogen and oxygen atoms in total. The third-order valence-electron chi connectivity index (χ3n) is 5.26. The van der Waals surface area contributed by atoms with Crippen LogP contribution in [0, 0.1) is 11.3 Å². The molecule has 0 saturated heterocycles. The molecule has 0 fully saturated rings. The molecule has 0 unspecified atom stereocenters. The number of aromatic nitrogens is 1. The maximum atomic E-state index is 12.8. The lowest BCUT2D eigenvalue weighted by molar-refractivity contribution is -0.137. The highest BCUT2D eigenvalue weighted by Crippen LogP contribution is 2.29. The fourth-order valence-electron chi connectivity index (χ4n) is 3.38. The molecule has 1 atom stereocenters. The van der Waals surface area contributed by atoms with Crippen LogP contribution in [0.1, 0.15) is 28.8 Å². The molecule has 3 N–H and O–H groups in total. The lowest BCUT2D eigenvalue weighted by Gasteiger charge is -2.18. The monoisotopic (exact) mass is 509 g/mol. The molecule has 37 heavy (non-hydrogen) atoms. The summed E-state index contributed by atoms with van der Waals surface area (Å²) in [7, 11) is -1.73. The Balaban J connectivity index is 1.58. The van der Waals surface area contributed by atoms with Gasteiger partial charge in [-0.05, 0) is 47.9 Å². The number of amides is 1. The van der Waals surface area contributed by atoms with Crippen LogP contribution in [0.4, 0.5) is 13.2 Å². The van der Waals surface area contributed by atoms with Crippen LogP contribution in [0.3, 0.4) is 0 Å². The van der Waals surface area contributed by atoms with E-state index in [9.17, 15) is 33.3 Å². The number of nitrogens with one attached hydrogen (secondary N) is 1. The largest absolute Gasteiger partial charge is 0.493 e. The Morgan fingerprint density at radius 1 is 1.14 bits per heavy atom. The van der Waals surface area contributed by atoms with E-state index in [1.807, 2.05) is 36.4 Å². The Morgan fingerprint density at radius 3 is 2.51 bits per heavy atom. The molecule has 0 aliphatic carbocycles. The van der Waals surface area contributed by atoms with Gasteiger partial charge in [0.05, 0.1) is 35.8 Å². The first-order valence-electron chi connectivity index (χ1n) is 11.2. The number of benzene rings is 2. The van der Waals surface area contributed by atoms with Crippen LogP contribution in [0.2, 0.25) is 0 Å². The van der Waals surface area contributed by atoms with Crippen molar-refractivity contribution in [2.24, 2.45) is 0 Å². The highest BCUT2D eigenvalue weighted by molar-refractivity contribution is 6.43. The number of carbonyl (C=O) groups excluding carboxylic acids is 1. The number of carbonyl (C=O) groups is 1. The van der Waals surface area contributed by atoms with Gasteiger partial charge in [-0.2, -0.15) is 18.4 Å². The molecule has 2 aromatic carbocycles. The summed E-state index contributed by atoms with van der Waals surface area (Å²) in [6.07, 6.45) is -2.19. The number of nitriles is 1. The van der Waals surface area contributed by atoms with E-state index in [-0.39, 0.29) is 30.7 Å². The second kappa shape index (κ2) is 12.7. The molecule has 3 rings (SSSR count). The molecular formula is C26H23BF3N3O4. The van der Waals surface area contributed by atoms with Crippen molar-refractivity contribution in [2.45, 2.75) is 25.0 Å². The lowest BCUT2D eigenvalue weighted by atomic mass is 9.76. The van der Waals surface area contributed by atoms with E-state index in [0.717, 1.165) is 17.7 Å². The van der Waals surface area contributed by atoms with Crippen molar-refractivity contribution in [1.29, 1.82) is 5.26 Å². The van der Waals surface area contributed by atoms with Gasteiger partial charge in [-0.15, -0.1) is 0 Å². The smallest absolute Gasteiger partial charge is 0.475 e. The molecule has 0 saturated carbocycles. The molecule has 11 heteroatoms. The molecule has 0 radical (unpaired) electrons. The van der Waals surface area contributed by atoms with Gasteiger partial charge in [-0.25, -0.2) is 0 Å². The Morgan fingerprint density at radius 2 is 1.89 bits per heavy atom. The van der Waals surface area contributed by atoms with Gasteiger partial charge in [0.25, 0.3) is 0 Å². The highest BCUT2D eigenvalue weighted by Gasteiger charge is 2.30. The molecule has 190 valence electrons. The van der Waals surface area contributed by atoms with Crippen LogP contribution in [0.25, 0.3) is 11.6 Å². The topological polar surface area (TPSA) is 115 Å². The molecule has 1 heterocycles. The lowest BCUT2D eigenvalue weighted by Crippen LogP contribution is -2.48. The first kappa shape index (κ1) is 27.5. The summed E-state index contributed by atoms with van der Waals surface area (Å²) in [5, 5.41) is 31.3. The Labute approximate surface area is 212 Å². The number of halogens is 3. The van der Waals surface area contributed by atoms with Gasteiger partial charge in [0.15, 0.2) is 0 Å². The first-order valence-corrected chi connectivity index (χ1v) is 11.2. The van der Waals surface area contributed by atoms with Crippen LogP contribution in [0.15, 0.2) is 72.9 Å². The van der Waals surface area contributed by atoms with Gasteiger partial charge in [-0.1, -0.05) is 42.5 Å². The Bertz CT molecular complexity index is 1260. The molecule has 0 aliphatic rings. The van der Waals surface area contributed by atoms with Gasteiger partial charge in [-0.3, -0.25) is 9.78 Å². The zero-order chi connectivity index (χ0) is 26.8. The SMILES string of the molecule is N#CC(=Cc1cccc(OCCC(=O)N[C@@H](Cc2ccccc2)B(O)O)c1)c1ccc(C(F)(F)F)cn1. The third-order valence-corrected chi connectivity index (χ3v) is 5.26. The van der Waals surface area contributed by atoms with E-state index < -0.39 is 30.7 Å². The van der Waals surface area contributed by atoms with E-state index in [4.69, 9.17) is 4.74 Å². The molecule has 1 amide bonds. The summed E-state index contributed by atoms with van der Waals surface area (Å²) in [6, 6.07) is 19.6. The minimum atomic E-state index is -4.52. The zero-order valence-corrected chi connectivity index (χ0v) is 19.5. The predicted octanol–water partition coefficient (Wildman–Crippen LogP) is 3.67. The molecule has 0 bridgehead atoms. The quantitative estimate of drug-likeness (QED) is 0.284. The Kier molecular flexibility index (Phi) is 9.43. The van der Waals surface area contributed by atoms with Crippen molar-refractivity contribution in [3.8, 4) is 11.8 Å². The summed E-state index contributed by atoms with van der Waals surface area (Å²) >= 11 is 0. The summed E-state index contributed by atoms with van der Waals surface area (Å²) in [5.41, 5.74) is 0.636. The molecular weight excluding hydrogens is 486 g/mol. The van der Waals surface area contributed by atoms with Crippen molar-refractivity contribution < 1.29 is 32.8 Å². The van der Waals surface area contributed by atoms with E-state index in [1.165, 1.54) is 6.08 Å². The number of rotatable bonds is 10. The summed E-state index contributed by atoms with van der Waals surface area (Å²) < 4.78 is 43.9. The van der Waals surface area contributed by atoms with Crippen molar-refractivity contribution in [3.63, 3.8) is 0 Å². The van der Waals surface area contributed by atoms with Crippen LogP contribution in [-0.2, 0) is 17.4 Å². The van der Waals surface area contributed by atoms with E-state index in [2.05, 4.69) is 10.3 Å². The summed E-state index contributed by atoms with van der Waals surface area (Å²) in [6.45, 7) is 0.00412. The van der Waals surface area contributed by atoms with Crippen LogP contribution < -0.4 is 10.1 Å². The maximum Gasteiger partial charge on any atom is 0.475 e. The second-order valence-electron chi connectivity index (χ2n) is 8.05. The van der Waals surface area contributed by atoms with Gasteiger partial charge in [0, 0.05) is 6.20 Å². The summed E-state index contributed by atoms with van der Waals surface area (Å²) in [5.74, 6) is -0.904. The Hall–Kier alpha value is -4.14. The van der Waals surface area contributed by atoms with Gasteiger partial charge >= 0.3 is 13.3 Å². The fourth-order valence-corrected chi connectivity index (χ4v) is 3.38. The van der Waals surface area contributed by atoms with Crippen molar-refractivity contribution >= 4 is 24.7 Å². The number of hydrogen-bond acceptors (Lipinski definition) is 6. The molecule has 0 aliphatic heterocycles. The average Bonchev–Trinajstić information content (AvgIpc) is 2.87. The van der Waals surface area contributed by atoms with Crippen molar-refractivity contribution in [1.82, 2.24) is 10.3 Å². The molecule has 1 aromatic heterocycles. The fraction of sp³-hybridized carbons (Fsp3) is 0.192. The number of hydrogen-bond donors (Lipinski definition) is 3. The number of alkyl halides is 3. The molecule has 0 spiro atoms. The maximum absolute atomic E-state index is 12.8. The summed E-state index contributed by atoms with van der Waals surface area (Å²) in [4.78, 5) is 16.0. The van der Waals surface area contributed by atoms with Crippen molar-refractivity contribution in [2.75, 3.05) is 6.61 Å². The van der Waals surface area contributed by atoms with Gasteiger partial charge < -0.3 is 20.1 Å². The number of nitrogens with zero attached hydrogens (tertiary/aromatic N) is 2.